The molecule has 0 bridgehead atoms. The molecule has 2 heterocycles. The van der Waals surface area contributed by atoms with Crippen LogP contribution in [0.1, 0.15) is 133 Å². The number of hydrogen-bond donors (Lipinski definition) is 0. The Kier molecular flexibility index (Phi) is 19.6. The van der Waals surface area contributed by atoms with Crippen molar-refractivity contribution in [3.8, 4) is 0 Å². The summed E-state index contributed by atoms with van der Waals surface area (Å²) in [5.41, 5.74) is 0.369. The molecule has 0 aliphatic carbocycles. The molecule has 240 valence electrons. The van der Waals surface area contributed by atoms with Gasteiger partial charge in [0.05, 0.1) is 12.2 Å². The van der Waals surface area contributed by atoms with Crippen LogP contribution in [0.15, 0.2) is 18.3 Å². The van der Waals surface area contributed by atoms with Gasteiger partial charge in [-0.1, -0.05) is 103 Å². The van der Waals surface area contributed by atoms with E-state index in [1.165, 1.54) is 77.0 Å². The maximum Gasteiger partial charge on any atom is 0.294 e. The van der Waals surface area contributed by atoms with E-state index < -0.39 is 11.0 Å². The molecule has 1 aliphatic heterocycles. The first-order valence-corrected chi connectivity index (χ1v) is 16.7. The fourth-order valence-corrected chi connectivity index (χ4v) is 5.50. The highest BCUT2D eigenvalue weighted by Gasteiger charge is 2.18. The molecular weight excluding hydrogens is 534 g/mol. The van der Waals surface area contributed by atoms with Crippen LogP contribution in [-0.2, 0) is 4.84 Å². The second kappa shape index (κ2) is 23.1. The van der Waals surface area contributed by atoms with Crippen molar-refractivity contribution in [1.82, 2.24) is 14.9 Å². The molecule has 42 heavy (non-hydrogen) atoms. The highest BCUT2D eigenvalue weighted by atomic mass is 16.9. The van der Waals surface area contributed by atoms with Crippen molar-refractivity contribution in [3.05, 3.63) is 39.2 Å². The lowest BCUT2D eigenvalue weighted by Gasteiger charge is -2.35. The number of hydrogen-bond acceptors (Lipinski definition) is 8. The SMILES string of the molecule is CCCCN1CCN(c2ccc(C(=O)N([O-])CCCCCCCCCCCCCCCCCCO[N+](=O)[O-])cn2)CC1. The number of unbranched alkanes of at least 4 members (excludes halogenated alkanes) is 16. The number of pyridine rings is 1. The van der Waals surface area contributed by atoms with E-state index in [0.717, 1.165) is 77.1 Å². The Bertz CT molecular complexity index is 833. The third kappa shape index (κ3) is 16.2. The number of amides is 1. The summed E-state index contributed by atoms with van der Waals surface area (Å²) < 4.78 is 0. The van der Waals surface area contributed by atoms with Crippen LogP contribution < -0.4 is 4.90 Å². The Morgan fingerprint density at radius 1 is 0.833 bits per heavy atom. The first kappa shape index (κ1) is 35.7. The first-order valence-electron chi connectivity index (χ1n) is 16.7. The van der Waals surface area contributed by atoms with Crippen LogP contribution >= 0.6 is 0 Å². The Morgan fingerprint density at radius 3 is 1.83 bits per heavy atom. The third-order valence-corrected chi connectivity index (χ3v) is 8.20. The second-order valence-corrected chi connectivity index (χ2v) is 11.7. The number of rotatable bonds is 25. The van der Waals surface area contributed by atoms with Gasteiger partial charge in [-0.2, -0.15) is 0 Å². The molecule has 0 spiro atoms. The van der Waals surface area contributed by atoms with E-state index in [-0.39, 0.29) is 13.2 Å². The smallest absolute Gasteiger partial charge is 0.294 e. The van der Waals surface area contributed by atoms with E-state index >= 15 is 0 Å². The van der Waals surface area contributed by atoms with Gasteiger partial charge in [0.2, 0.25) is 5.91 Å². The summed E-state index contributed by atoms with van der Waals surface area (Å²) in [4.78, 5) is 36.1. The van der Waals surface area contributed by atoms with Crippen LogP contribution in [0, 0.1) is 15.3 Å². The highest BCUT2D eigenvalue weighted by Crippen LogP contribution is 2.17. The van der Waals surface area contributed by atoms with Gasteiger partial charge in [0.25, 0.3) is 5.09 Å². The Hall–Kier alpha value is -2.46. The van der Waals surface area contributed by atoms with Crippen LogP contribution in [0.5, 0.6) is 0 Å². The van der Waals surface area contributed by atoms with Crippen LogP contribution in [0.3, 0.4) is 0 Å². The van der Waals surface area contributed by atoms with Crippen molar-refractivity contribution in [2.45, 2.75) is 122 Å². The quantitative estimate of drug-likeness (QED) is 0.0657. The number of anilines is 1. The lowest BCUT2D eigenvalue weighted by molar-refractivity contribution is -0.757. The molecular formula is C32H56N5O5-. The van der Waals surface area contributed by atoms with Crippen LogP contribution in [0.4, 0.5) is 5.82 Å². The lowest BCUT2D eigenvalue weighted by Crippen LogP contribution is -2.46. The molecule has 1 aliphatic rings. The van der Waals surface area contributed by atoms with Crippen molar-refractivity contribution < 1.29 is 14.7 Å². The average molecular weight is 591 g/mol. The first-order chi connectivity index (χ1) is 20.5. The van der Waals surface area contributed by atoms with Gasteiger partial charge in [-0.3, -0.25) is 9.69 Å². The van der Waals surface area contributed by atoms with Crippen molar-refractivity contribution in [2.75, 3.05) is 50.8 Å². The minimum Gasteiger partial charge on any atom is -0.756 e. The van der Waals surface area contributed by atoms with E-state index in [1.54, 1.807) is 12.3 Å². The zero-order valence-corrected chi connectivity index (χ0v) is 26.2. The third-order valence-electron chi connectivity index (χ3n) is 8.20. The van der Waals surface area contributed by atoms with E-state index in [1.807, 2.05) is 6.07 Å². The average Bonchev–Trinajstić information content (AvgIpc) is 3.00. The monoisotopic (exact) mass is 590 g/mol. The summed E-state index contributed by atoms with van der Waals surface area (Å²) in [6.45, 7) is 7.80. The minimum atomic E-state index is -0.718. The molecule has 10 heteroatoms. The van der Waals surface area contributed by atoms with E-state index in [0.29, 0.717) is 10.6 Å². The fourth-order valence-electron chi connectivity index (χ4n) is 5.50. The summed E-state index contributed by atoms with van der Waals surface area (Å²) in [5.74, 6) is 0.391. The van der Waals surface area contributed by atoms with E-state index in [2.05, 4.69) is 26.5 Å². The molecule has 1 aromatic rings. The molecule has 1 saturated heterocycles. The summed E-state index contributed by atoms with van der Waals surface area (Å²) in [5, 5.41) is 22.3. The minimum absolute atomic E-state index is 0.220. The topological polar surface area (TPSA) is 115 Å². The summed E-state index contributed by atoms with van der Waals surface area (Å²) >= 11 is 0. The predicted octanol–water partition coefficient (Wildman–Crippen LogP) is 7.39. The van der Waals surface area contributed by atoms with E-state index in [4.69, 9.17) is 0 Å². The molecule has 1 fully saturated rings. The van der Waals surface area contributed by atoms with Gasteiger partial charge in [0.15, 0.2) is 0 Å². The van der Waals surface area contributed by atoms with Gasteiger partial charge in [-0.05, 0) is 37.9 Å². The van der Waals surface area contributed by atoms with Gasteiger partial charge < -0.3 is 20.0 Å². The zero-order valence-electron chi connectivity index (χ0n) is 26.2. The lowest BCUT2D eigenvalue weighted by atomic mass is 10.0. The van der Waals surface area contributed by atoms with Gasteiger partial charge in [0, 0.05) is 38.9 Å². The molecule has 0 radical (unpaired) electrons. The Labute approximate surface area is 253 Å². The van der Waals surface area contributed by atoms with Gasteiger partial charge in [0.1, 0.15) is 5.82 Å². The Balaban J connectivity index is 1.39. The molecule has 0 atom stereocenters. The second-order valence-electron chi connectivity index (χ2n) is 11.7. The number of aromatic nitrogens is 1. The fraction of sp³-hybridized carbons (Fsp3) is 0.812. The van der Waals surface area contributed by atoms with Crippen LogP contribution in [0.25, 0.3) is 0 Å². The van der Waals surface area contributed by atoms with Crippen LogP contribution in [-0.4, -0.2) is 71.8 Å². The zero-order chi connectivity index (χ0) is 30.3. The van der Waals surface area contributed by atoms with Gasteiger partial charge in [-0.25, -0.2) is 4.98 Å². The molecule has 0 saturated carbocycles. The molecule has 0 unspecified atom stereocenters. The number of nitrogens with zero attached hydrogens (tertiary/aromatic N) is 5. The molecule has 2 rings (SSSR count). The molecule has 1 amide bonds. The van der Waals surface area contributed by atoms with E-state index in [9.17, 15) is 20.1 Å². The van der Waals surface area contributed by atoms with Crippen molar-refractivity contribution >= 4 is 11.7 Å². The largest absolute Gasteiger partial charge is 0.756 e. The highest BCUT2D eigenvalue weighted by molar-refractivity contribution is 5.94. The molecule has 0 aromatic carbocycles. The number of carbonyl (C=O) groups excluding carboxylic acids is 1. The summed E-state index contributed by atoms with van der Waals surface area (Å²) in [6, 6.07) is 3.61. The molecule has 0 N–H and O–H groups in total. The van der Waals surface area contributed by atoms with Crippen molar-refractivity contribution in [3.63, 3.8) is 0 Å². The number of piperazine rings is 1. The summed E-state index contributed by atoms with van der Waals surface area (Å²) in [7, 11) is 0. The van der Waals surface area contributed by atoms with Crippen molar-refractivity contribution in [1.29, 1.82) is 0 Å². The molecule has 10 nitrogen and oxygen atoms in total. The standard InChI is InChI=1S/C32H56N5O5/c1-2-3-22-34-24-26-35(27-25-34)31-21-20-30(29-33-31)32(38)36(39)23-18-16-14-12-10-8-6-4-5-7-9-11-13-15-17-19-28-42-37(40)41/h20-21,29H,2-19,22-28H2,1H3/q-1. The maximum absolute atomic E-state index is 12.5. The normalized spacial score (nSPS) is 13.8. The van der Waals surface area contributed by atoms with Gasteiger partial charge in [-0.15, -0.1) is 10.1 Å². The predicted molar refractivity (Wildman–Crippen MR) is 169 cm³/mol. The van der Waals surface area contributed by atoms with Crippen molar-refractivity contribution in [2.24, 2.45) is 0 Å². The summed E-state index contributed by atoms with van der Waals surface area (Å²) in [6.07, 6.45) is 22.4. The van der Waals surface area contributed by atoms with Gasteiger partial charge >= 0.3 is 0 Å². The number of hydroxylamine groups is 2. The Morgan fingerprint density at radius 2 is 1.36 bits per heavy atom. The van der Waals surface area contributed by atoms with Crippen LogP contribution in [0.2, 0.25) is 0 Å². The molecule has 1 aromatic heterocycles. The maximum atomic E-state index is 12.5. The number of carbonyl (C=O) groups is 1.